The zero-order valence-corrected chi connectivity index (χ0v) is 15.8. The zero-order chi connectivity index (χ0) is 16.4. The van der Waals surface area contributed by atoms with Gasteiger partial charge in [0.1, 0.15) is 5.75 Å². The summed E-state index contributed by atoms with van der Waals surface area (Å²) in [4.78, 5) is 14.4. The summed E-state index contributed by atoms with van der Waals surface area (Å²) < 4.78 is 5.36. The van der Waals surface area contributed by atoms with Crippen molar-refractivity contribution in [3.8, 4) is 5.75 Å². The second-order valence-electron chi connectivity index (χ2n) is 6.89. The Kier molecular flexibility index (Phi) is 6.79. The van der Waals surface area contributed by atoms with E-state index in [9.17, 15) is 4.79 Å². The van der Waals surface area contributed by atoms with E-state index in [-0.39, 0.29) is 18.3 Å². The molecule has 3 rings (SSSR count). The van der Waals surface area contributed by atoms with Gasteiger partial charge >= 0.3 is 0 Å². The first kappa shape index (κ1) is 19.4. The molecule has 2 atom stereocenters. The van der Waals surface area contributed by atoms with Crippen LogP contribution in [0.1, 0.15) is 37.7 Å². The van der Waals surface area contributed by atoms with E-state index in [1.807, 2.05) is 19.2 Å². The Balaban J connectivity index is 0.00000208. The average molecular weight is 373 g/mol. The van der Waals surface area contributed by atoms with Crippen LogP contribution in [-0.4, -0.2) is 37.0 Å². The number of hydrogen-bond donors (Lipinski definition) is 1. The molecule has 2 unspecified atom stereocenters. The van der Waals surface area contributed by atoms with Crippen LogP contribution in [-0.2, 0) is 11.3 Å². The Bertz CT molecular complexity index is 570. The van der Waals surface area contributed by atoms with Crippen molar-refractivity contribution in [1.29, 1.82) is 0 Å². The molecule has 1 amide bonds. The van der Waals surface area contributed by atoms with Crippen LogP contribution in [0.3, 0.4) is 0 Å². The second kappa shape index (κ2) is 8.41. The number of fused-ring (bicyclic) bond motifs is 2. The smallest absolute Gasteiger partial charge is 0.222 e. The maximum Gasteiger partial charge on any atom is 0.222 e. The Morgan fingerprint density at radius 1 is 1.33 bits per heavy atom. The Morgan fingerprint density at radius 3 is 2.62 bits per heavy atom. The Labute approximate surface area is 155 Å². The third-order valence-corrected chi connectivity index (χ3v) is 5.34. The monoisotopic (exact) mass is 372 g/mol. The van der Waals surface area contributed by atoms with Crippen molar-refractivity contribution in [2.75, 3.05) is 14.2 Å². The number of nitrogens with zero attached hydrogens (tertiary/aromatic N) is 1. The molecule has 2 bridgehead atoms. The molecule has 2 aliphatic heterocycles. The largest absolute Gasteiger partial charge is 0.496 e. The van der Waals surface area contributed by atoms with E-state index in [0.717, 1.165) is 24.2 Å². The highest BCUT2D eigenvalue weighted by molar-refractivity contribution is 6.30. The lowest BCUT2D eigenvalue weighted by Crippen LogP contribution is -2.39. The van der Waals surface area contributed by atoms with Gasteiger partial charge in [0.25, 0.3) is 0 Å². The molecule has 0 radical (unpaired) electrons. The van der Waals surface area contributed by atoms with Gasteiger partial charge in [0.15, 0.2) is 0 Å². The number of carbonyl (C=O) groups is 1. The molecule has 24 heavy (non-hydrogen) atoms. The van der Waals surface area contributed by atoms with Gasteiger partial charge < -0.3 is 15.0 Å². The van der Waals surface area contributed by atoms with Gasteiger partial charge in [-0.05, 0) is 49.8 Å². The van der Waals surface area contributed by atoms with E-state index < -0.39 is 0 Å². The zero-order valence-electron chi connectivity index (χ0n) is 14.3. The van der Waals surface area contributed by atoms with Crippen LogP contribution in [0.5, 0.6) is 5.75 Å². The fraction of sp³-hybridized carbons (Fsp3) is 0.611. The molecule has 0 aromatic heterocycles. The van der Waals surface area contributed by atoms with Crippen LogP contribution in [0.25, 0.3) is 0 Å². The van der Waals surface area contributed by atoms with Gasteiger partial charge in [-0.25, -0.2) is 0 Å². The van der Waals surface area contributed by atoms with E-state index in [0.29, 0.717) is 36.0 Å². The third kappa shape index (κ3) is 4.56. The maximum atomic E-state index is 12.6. The number of hydrogen-bond acceptors (Lipinski definition) is 3. The molecule has 0 saturated carbocycles. The molecule has 2 fully saturated rings. The number of methoxy groups -OCH3 is 1. The number of rotatable bonds is 5. The van der Waals surface area contributed by atoms with E-state index in [1.54, 1.807) is 18.1 Å². The number of amides is 1. The first-order chi connectivity index (χ1) is 11.0. The first-order valence-corrected chi connectivity index (χ1v) is 8.75. The fourth-order valence-corrected chi connectivity index (χ4v) is 4.15. The van der Waals surface area contributed by atoms with E-state index >= 15 is 0 Å². The summed E-state index contributed by atoms with van der Waals surface area (Å²) in [6, 6.07) is 6.78. The highest BCUT2D eigenvalue weighted by atomic mass is 35.5. The summed E-state index contributed by atoms with van der Waals surface area (Å²) in [6.07, 6.45) is 5.46. The van der Waals surface area contributed by atoms with Crippen molar-refractivity contribution in [3.63, 3.8) is 0 Å². The van der Waals surface area contributed by atoms with Crippen molar-refractivity contribution in [2.24, 2.45) is 5.92 Å². The van der Waals surface area contributed by atoms with Crippen LogP contribution >= 0.6 is 24.0 Å². The van der Waals surface area contributed by atoms with Crippen LogP contribution in [0.4, 0.5) is 0 Å². The van der Waals surface area contributed by atoms with Crippen molar-refractivity contribution >= 4 is 29.9 Å². The minimum atomic E-state index is 0. The summed E-state index contributed by atoms with van der Waals surface area (Å²) in [5, 5.41) is 4.29. The highest BCUT2D eigenvalue weighted by Crippen LogP contribution is 2.33. The standard InChI is InChI=1S/C18H25ClN2O2.ClH/c1-21(11-13-10-14(19)3-6-17(13)23-2)18(22)9-12-7-15-4-5-16(8-12)20-15;/h3,6,10,12,15-16,20H,4-5,7-9,11H2,1-2H3;1H. The van der Waals surface area contributed by atoms with Crippen molar-refractivity contribution < 1.29 is 9.53 Å². The van der Waals surface area contributed by atoms with Crippen molar-refractivity contribution in [1.82, 2.24) is 10.2 Å². The molecule has 134 valence electrons. The van der Waals surface area contributed by atoms with Gasteiger partial charge in [0, 0.05) is 42.7 Å². The quantitative estimate of drug-likeness (QED) is 0.857. The normalized spacial score (nSPS) is 25.0. The predicted molar refractivity (Wildman–Crippen MR) is 99.0 cm³/mol. The molecule has 2 saturated heterocycles. The summed E-state index contributed by atoms with van der Waals surface area (Å²) >= 11 is 6.07. The Hall–Kier alpha value is -0.970. The predicted octanol–water partition coefficient (Wildman–Crippen LogP) is 3.65. The third-order valence-electron chi connectivity index (χ3n) is 5.11. The number of benzene rings is 1. The fourth-order valence-electron chi connectivity index (χ4n) is 3.96. The molecule has 0 spiro atoms. The number of halogens is 2. The molecule has 1 aromatic carbocycles. The molecule has 1 aromatic rings. The van der Waals surface area contributed by atoms with Gasteiger partial charge in [0.05, 0.1) is 7.11 Å². The molecule has 4 nitrogen and oxygen atoms in total. The van der Waals surface area contributed by atoms with Crippen LogP contribution in [0.15, 0.2) is 18.2 Å². The summed E-state index contributed by atoms with van der Waals surface area (Å²) in [5.74, 6) is 1.50. The minimum Gasteiger partial charge on any atom is -0.496 e. The van der Waals surface area contributed by atoms with Gasteiger partial charge in [-0.1, -0.05) is 11.6 Å². The molecular weight excluding hydrogens is 347 g/mol. The van der Waals surface area contributed by atoms with Crippen molar-refractivity contribution in [2.45, 2.75) is 50.7 Å². The first-order valence-electron chi connectivity index (χ1n) is 8.37. The summed E-state index contributed by atoms with van der Waals surface area (Å²) in [6.45, 7) is 0.528. The van der Waals surface area contributed by atoms with Gasteiger partial charge in [0.2, 0.25) is 5.91 Å². The van der Waals surface area contributed by atoms with Gasteiger partial charge in [-0.15, -0.1) is 12.4 Å². The van der Waals surface area contributed by atoms with Crippen LogP contribution in [0.2, 0.25) is 5.02 Å². The molecule has 1 N–H and O–H groups in total. The van der Waals surface area contributed by atoms with Crippen LogP contribution in [0, 0.1) is 5.92 Å². The average Bonchev–Trinajstić information content (AvgIpc) is 2.86. The number of carbonyl (C=O) groups excluding carboxylic acids is 1. The Morgan fingerprint density at radius 2 is 2.00 bits per heavy atom. The molecular formula is C18H26Cl2N2O2. The molecule has 2 aliphatic rings. The lowest BCUT2D eigenvalue weighted by molar-refractivity contribution is -0.131. The lowest BCUT2D eigenvalue weighted by atomic mass is 9.89. The minimum absolute atomic E-state index is 0. The number of piperidine rings is 1. The second-order valence-corrected chi connectivity index (χ2v) is 7.32. The summed E-state index contributed by atoms with van der Waals surface area (Å²) in [7, 11) is 3.50. The number of ether oxygens (including phenoxy) is 1. The van der Waals surface area contributed by atoms with Crippen molar-refractivity contribution in [3.05, 3.63) is 28.8 Å². The molecule has 0 aliphatic carbocycles. The SMILES string of the molecule is COc1ccc(Cl)cc1CN(C)C(=O)CC1CC2CCC(C1)N2.Cl. The van der Waals surface area contributed by atoms with E-state index in [1.165, 1.54) is 12.8 Å². The summed E-state index contributed by atoms with van der Waals surface area (Å²) in [5.41, 5.74) is 0.946. The van der Waals surface area contributed by atoms with E-state index in [2.05, 4.69) is 5.32 Å². The van der Waals surface area contributed by atoms with Gasteiger partial charge in [-0.2, -0.15) is 0 Å². The maximum absolute atomic E-state index is 12.6. The molecule has 2 heterocycles. The number of nitrogens with one attached hydrogen (secondary N) is 1. The van der Waals surface area contributed by atoms with Crippen LogP contribution < -0.4 is 10.1 Å². The lowest BCUT2D eigenvalue weighted by Gasteiger charge is -2.30. The topological polar surface area (TPSA) is 41.6 Å². The molecule has 6 heteroatoms. The highest BCUT2D eigenvalue weighted by Gasteiger charge is 2.34. The van der Waals surface area contributed by atoms with Gasteiger partial charge in [-0.3, -0.25) is 4.79 Å². The van der Waals surface area contributed by atoms with E-state index in [4.69, 9.17) is 16.3 Å².